The van der Waals surface area contributed by atoms with Gasteiger partial charge in [0.15, 0.2) is 9.84 Å². The molecule has 1 aromatic heterocycles. The van der Waals surface area contributed by atoms with Crippen molar-refractivity contribution in [2.24, 2.45) is 5.92 Å². The summed E-state index contributed by atoms with van der Waals surface area (Å²) in [5, 5.41) is 0. The first-order valence-electron chi connectivity index (χ1n) is 11.3. The van der Waals surface area contributed by atoms with Crippen LogP contribution in [0.4, 0.5) is 13.2 Å². The Kier molecular flexibility index (Phi) is 6.05. The molecule has 2 heterocycles. The van der Waals surface area contributed by atoms with Crippen LogP contribution >= 0.6 is 15.9 Å². The normalized spacial score (nSPS) is 20.2. The molecule has 0 spiro atoms. The Morgan fingerprint density at radius 3 is 2.44 bits per heavy atom. The predicted molar refractivity (Wildman–Crippen MR) is 128 cm³/mol. The highest BCUT2D eigenvalue weighted by atomic mass is 79.9. The minimum Gasteiger partial charge on any atom is -0.317 e. The Morgan fingerprint density at radius 1 is 1.06 bits per heavy atom. The maximum Gasteiger partial charge on any atom is 0.449 e. The predicted octanol–water partition coefficient (Wildman–Crippen LogP) is 5.27. The third-order valence-electron chi connectivity index (χ3n) is 6.97. The molecular weight excluding hydrogens is 531 g/mol. The third kappa shape index (κ3) is 4.64. The zero-order chi connectivity index (χ0) is 24.3. The highest BCUT2D eigenvalue weighted by Gasteiger charge is 2.40. The van der Waals surface area contributed by atoms with E-state index in [0.29, 0.717) is 24.3 Å². The second kappa shape index (κ2) is 8.64. The maximum atomic E-state index is 13.9. The second-order valence-electron chi connectivity index (χ2n) is 9.44. The Labute approximate surface area is 205 Å². The number of hydrogen-bond acceptors (Lipinski definition) is 4. The molecule has 1 fully saturated rings. The molecule has 10 heteroatoms. The number of nitrogens with zero attached hydrogens (tertiary/aromatic N) is 3. The Balaban J connectivity index is 1.33. The van der Waals surface area contributed by atoms with Gasteiger partial charge < -0.3 is 9.47 Å². The molecule has 5 rings (SSSR count). The van der Waals surface area contributed by atoms with E-state index in [9.17, 15) is 21.6 Å². The van der Waals surface area contributed by atoms with Crippen molar-refractivity contribution in [3.8, 4) is 0 Å². The number of fused-ring (bicyclic) bond motifs is 2. The van der Waals surface area contributed by atoms with Crippen LogP contribution in [-0.4, -0.2) is 48.8 Å². The van der Waals surface area contributed by atoms with E-state index in [1.54, 1.807) is 0 Å². The van der Waals surface area contributed by atoms with Crippen LogP contribution in [0.25, 0.3) is 11.0 Å². The first kappa shape index (κ1) is 23.8. The summed E-state index contributed by atoms with van der Waals surface area (Å²) in [5.74, 6) is -0.432. The van der Waals surface area contributed by atoms with Crippen LogP contribution in [-0.2, 0) is 28.9 Å². The van der Waals surface area contributed by atoms with Crippen molar-refractivity contribution in [1.82, 2.24) is 14.5 Å². The van der Waals surface area contributed by atoms with Gasteiger partial charge in [-0.3, -0.25) is 0 Å². The fourth-order valence-corrected chi connectivity index (χ4v) is 6.46. The minimum absolute atomic E-state index is 0.0298. The van der Waals surface area contributed by atoms with E-state index in [2.05, 4.69) is 44.0 Å². The number of aromatic nitrogens is 2. The molecule has 1 aliphatic carbocycles. The average Bonchev–Trinajstić information content (AvgIpc) is 3.33. The summed E-state index contributed by atoms with van der Waals surface area (Å²) in [6, 6.07) is 10.1. The molecule has 0 radical (unpaired) electrons. The molecule has 0 amide bonds. The van der Waals surface area contributed by atoms with Crippen molar-refractivity contribution in [2.75, 3.05) is 25.9 Å². The van der Waals surface area contributed by atoms with Crippen molar-refractivity contribution in [2.45, 2.75) is 42.8 Å². The van der Waals surface area contributed by atoms with Crippen LogP contribution in [0.1, 0.15) is 35.8 Å². The maximum absolute atomic E-state index is 13.9. The summed E-state index contributed by atoms with van der Waals surface area (Å²) < 4.78 is 67.7. The largest absolute Gasteiger partial charge is 0.449 e. The van der Waals surface area contributed by atoms with E-state index < -0.39 is 21.8 Å². The molecule has 3 aromatic rings. The lowest BCUT2D eigenvalue weighted by Crippen LogP contribution is -2.38. The SMILES string of the molecule is CS(=O)(=O)c1ccc2c(c1)nc(C(F)(F)F)n2C1CCN(CC2Cc3ccc(Br)cc3C2)CC1. The number of piperidine rings is 1. The van der Waals surface area contributed by atoms with Gasteiger partial charge >= 0.3 is 6.18 Å². The van der Waals surface area contributed by atoms with Crippen molar-refractivity contribution in [3.63, 3.8) is 0 Å². The topological polar surface area (TPSA) is 55.2 Å². The quantitative estimate of drug-likeness (QED) is 0.440. The van der Waals surface area contributed by atoms with Crippen molar-refractivity contribution in [3.05, 3.63) is 57.8 Å². The van der Waals surface area contributed by atoms with E-state index in [0.717, 1.165) is 43.2 Å². The summed E-state index contributed by atoms with van der Waals surface area (Å²) >= 11 is 3.53. The molecule has 1 aliphatic heterocycles. The number of benzene rings is 2. The van der Waals surface area contributed by atoms with E-state index in [1.807, 2.05) is 0 Å². The first-order chi connectivity index (χ1) is 16.0. The molecule has 2 aliphatic rings. The lowest BCUT2D eigenvalue weighted by molar-refractivity contribution is -0.148. The summed E-state index contributed by atoms with van der Waals surface area (Å²) in [7, 11) is -3.54. The lowest BCUT2D eigenvalue weighted by Gasteiger charge is -2.35. The fourth-order valence-electron chi connectivity index (χ4n) is 5.41. The molecule has 0 saturated carbocycles. The number of imidazole rings is 1. The van der Waals surface area contributed by atoms with Crippen molar-refractivity contribution < 1.29 is 21.6 Å². The lowest BCUT2D eigenvalue weighted by atomic mass is 10.0. The van der Waals surface area contributed by atoms with Gasteiger partial charge in [-0.1, -0.05) is 22.0 Å². The van der Waals surface area contributed by atoms with Gasteiger partial charge in [0.25, 0.3) is 0 Å². The van der Waals surface area contributed by atoms with Gasteiger partial charge in [0.1, 0.15) is 0 Å². The molecule has 182 valence electrons. The standard InChI is InChI=1S/C24H25BrF3N3O2S/c1-34(32,33)20-4-5-22-21(13-20)29-23(24(26,27)28)31(22)19-6-8-30(9-7-19)14-15-10-16-2-3-18(25)12-17(16)11-15/h2-5,12-13,15,19H,6-11,14H2,1H3. The first-order valence-corrected chi connectivity index (χ1v) is 14.0. The molecule has 5 nitrogen and oxygen atoms in total. The van der Waals surface area contributed by atoms with E-state index in [-0.39, 0.29) is 16.5 Å². The van der Waals surface area contributed by atoms with Gasteiger partial charge in [0.05, 0.1) is 15.9 Å². The highest BCUT2D eigenvalue weighted by Crippen LogP contribution is 2.38. The van der Waals surface area contributed by atoms with Gasteiger partial charge in [-0.25, -0.2) is 13.4 Å². The summed E-state index contributed by atoms with van der Waals surface area (Å²) in [5.41, 5.74) is 3.15. The van der Waals surface area contributed by atoms with Crippen LogP contribution in [0.2, 0.25) is 0 Å². The van der Waals surface area contributed by atoms with E-state index in [1.165, 1.54) is 33.9 Å². The molecule has 1 saturated heterocycles. The molecule has 34 heavy (non-hydrogen) atoms. The van der Waals surface area contributed by atoms with Gasteiger partial charge in [-0.2, -0.15) is 13.2 Å². The second-order valence-corrected chi connectivity index (χ2v) is 12.4. The molecule has 0 N–H and O–H groups in total. The number of likely N-dealkylation sites (tertiary alicyclic amines) is 1. The summed E-state index contributed by atoms with van der Waals surface area (Å²) in [4.78, 5) is 6.15. The number of hydrogen-bond donors (Lipinski definition) is 0. The van der Waals surface area contributed by atoms with Crippen LogP contribution in [0.15, 0.2) is 45.8 Å². The van der Waals surface area contributed by atoms with Crippen LogP contribution in [0, 0.1) is 5.92 Å². The smallest absolute Gasteiger partial charge is 0.317 e. The number of rotatable bonds is 4. The number of halogens is 4. The monoisotopic (exact) mass is 555 g/mol. The third-order valence-corrected chi connectivity index (χ3v) is 8.57. The van der Waals surface area contributed by atoms with Crippen molar-refractivity contribution in [1.29, 1.82) is 0 Å². The molecule has 1 atom stereocenters. The zero-order valence-corrected chi connectivity index (χ0v) is 21.0. The fraction of sp³-hybridized carbons (Fsp3) is 0.458. The Morgan fingerprint density at radius 2 is 1.76 bits per heavy atom. The van der Waals surface area contributed by atoms with E-state index >= 15 is 0 Å². The highest BCUT2D eigenvalue weighted by molar-refractivity contribution is 9.10. The zero-order valence-electron chi connectivity index (χ0n) is 18.6. The summed E-state index contributed by atoms with van der Waals surface area (Å²) in [6.07, 6.45) is -0.336. The van der Waals surface area contributed by atoms with Crippen LogP contribution < -0.4 is 0 Å². The Hall–Kier alpha value is -1.91. The molecule has 0 bridgehead atoms. The molecule has 2 aromatic carbocycles. The van der Waals surface area contributed by atoms with Gasteiger partial charge in [-0.05, 0) is 73.1 Å². The van der Waals surface area contributed by atoms with Crippen LogP contribution in [0.5, 0.6) is 0 Å². The van der Waals surface area contributed by atoms with Gasteiger partial charge in [0, 0.05) is 36.4 Å². The van der Waals surface area contributed by atoms with Crippen molar-refractivity contribution >= 4 is 36.8 Å². The van der Waals surface area contributed by atoms with E-state index in [4.69, 9.17) is 0 Å². The Bertz CT molecular complexity index is 1350. The van der Waals surface area contributed by atoms with Gasteiger partial charge in [0.2, 0.25) is 5.82 Å². The number of sulfone groups is 1. The number of alkyl halides is 3. The average molecular weight is 556 g/mol. The molecular formula is C24H25BrF3N3O2S. The van der Waals surface area contributed by atoms with Gasteiger partial charge in [-0.15, -0.1) is 0 Å². The molecule has 1 unspecified atom stereocenters. The minimum atomic E-state index is -4.62. The summed E-state index contributed by atoms with van der Waals surface area (Å²) in [6.45, 7) is 2.38. The van der Waals surface area contributed by atoms with Crippen LogP contribution in [0.3, 0.4) is 0 Å².